The minimum Gasteiger partial charge on any atom is -0.398 e. The maximum atomic E-state index is 11.3. The number of nitrogens with one attached hydrogen (secondary N) is 1. The zero-order chi connectivity index (χ0) is 12.6. The van der Waals surface area contributed by atoms with Gasteiger partial charge in [0.15, 0.2) is 0 Å². The zero-order valence-electron chi connectivity index (χ0n) is 9.14. The van der Waals surface area contributed by atoms with Gasteiger partial charge < -0.3 is 11.1 Å². The lowest BCUT2D eigenvalue weighted by molar-refractivity contribution is 0.484. The minimum absolute atomic E-state index is 0.147. The van der Waals surface area contributed by atoms with Crippen molar-refractivity contribution in [3.8, 4) is 0 Å². The first-order valence-corrected chi connectivity index (χ1v) is 6.35. The van der Waals surface area contributed by atoms with Crippen molar-refractivity contribution >= 4 is 32.3 Å². The van der Waals surface area contributed by atoms with E-state index in [0.29, 0.717) is 22.1 Å². The van der Waals surface area contributed by atoms with E-state index in [9.17, 15) is 13.0 Å². The molecule has 17 heavy (non-hydrogen) atoms. The van der Waals surface area contributed by atoms with Gasteiger partial charge in [0.1, 0.15) is 4.90 Å². The summed E-state index contributed by atoms with van der Waals surface area (Å²) < 4.78 is 31.8. The Kier molecular flexibility index (Phi) is 2.68. The maximum Gasteiger partial charge on any atom is 0.295 e. The van der Waals surface area contributed by atoms with Gasteiger partial charge in [0, 0.05) is 29.2 Å². The van der Waals surface area contributed by atoms with Crippen LogP contribution in [0, 0.1) is 0 Å². The topological polar surface area (TPSA) is 92.4 Å². The van der Waals surface area contributed by atoms with Gasteiger partial charge >= 0.3 is 0 Å². The van der Waals surface area contributed by atoms with Crippen molar-refractivity contribution in [2.45, 2.75) is 4.90 Å². The summed E-state index contributed by atoms with van der Waals surface area (Å²) in [6.45, 7) is 0. The Bertz CT molecular complexity index is 680. The molecule has 0 heterocycles. The first-order chi connectivity index (χ1) is 7.95. The molecule has 0 amide bonds. The Morgan fingerprint density at radius 1 is 1.24 bits per heavy atom. The number of nitrogens with two attached hydrogens (primary N) is 1. The summed E-state index contributed by atoms with van der Waals surface area (Å²) in [4.78, 5) is -0.147. The fourth-order valence-electron chi connectivity index (χ4n) is 1.82. The molecular formula is C11H12N2O3S. The summed E-state index contributed by atoms with van der Waals surface area (Å²) >= 11 is 0. The van der Waals surface area contributed by atoms with Crippen molar-refractivity contribution in [2.24, 2.45) is 0 Å². The second-order valence-corrected chi connectivity index (χ2v) is 5.00. The summed E-state index contributed by atoms with van der Waals surface area (Å²) in [5.74, 6) is 0. The van der Waals surface area contributed by atoms with Crippen molar-refractivity contribution in [3.63, 3.8) is 0 Å². The van der Waals surface area contributed by atoms with Crippen LogP contribution in [0.4, 0.5) is 11.4 Å². The molecule has 0 bridgehead atoms. The van der Waals surface area contributed by atoms with Gasteiger partial charge in [0.2, 0.25) is 0 Å². The summed E-state index contributed by atoms with van der Waals surface area (Å²) in [7, 11) is -2.60. The molecule has 0 fully saturated rings. The normalized spacial score (nSPS) is 11.6. The van der Waals surface area contributed by atoms with Gasteiger partial charge in [0.05, 0.1) is 0 Å². The van der Waals surface area contributed by atoms with E-state index in [2.05, 4.69) is 5.32 Å². The molecular weight excluding hydrogens is 240 g/mol. The Morgan fingerprint density at radius 3 is 2.53 bits per heavy atom. The van der Waals surface area contributed by atoms with Crippen molar-refractivity contribution in [1.82, 2.24) is 0 Å². The molecule has 2 aromatic rings. The third kappa shape index (κ3) is 1.92. The van der Waals surface area contributed by atoms with Gasteiger partial charge in [0.25, 0.3) is 10.1 Å². The second kappa shape index (κ2) is 3.90. The zero-order valence-corrected chi connectivity index (χ0v) is 9.95. The van der Waals surface area contributed by atoms with Crippen LogP contribution < -0.4 is 11.1 Å². The first-order valence-electron chi connectivity index (χ1n) is 4.91. The van der Waals surface area contributed by atoms with Crippen LogP contribution in [0.3, 0.4) is 0 Å². The van der Waals surface area contributed by atoms with E-state index >= 15 is 0 Å². The molecule has 0 unspecified atom stereocenters. The number of nitrogen functional groups attached to an aromatic ring is 1. The molecule has 0 atom stereocenters. The molecule has 0 aliphatic rings. The SMILES string of the molecule is CNc1ccc(N)c2cccc(S(=O)(=O)O)c12. The molecule has 90 valence electrons. The number of fused-ring (bicyclic) bond motifs is 1. The van der Waals surface area contributed by atoms with Gasteiger partial charge in [-0.2, -0.15) is 8.42 Å². The standard InChI is InChI=1S/C11H12N2O3S/c1-13-9-6-5-8(12)7-3-2-4-10(11(7)9)17(14,15)16/h2-6,13H,12H2,1H3,(H,14,15,16). The minimum atomic E-state index is -4.27. The van der Waals surface area contributed by atoms with E-state index in [1.54, 1.807) is 31.3 Å². The van der Waals surface area contributed by atoms with Crippen molar-refractivity contribution in [1.29, 1.82) is 0 Å². The monoisotopic (exact) mass is 252 g/mol. The maximum absolute atomic E-state index is 11.3. The summed E-state index contributed by atoms with van der Waals surface area (Å²) in [5.41, 5.74) is 6.85. The predicted octanol–water partition coefficient (Wildman–Crippen LogP) is 1.71. The molecule has 0 aliphatic carbocycles. The number of rotatable bonds is 2. The molecule has 5 nitrogen and oxygen atoms in total. The molecule has 6 heteroatoms. The molecule has 0 radical (unpaired) electrons. The summed E-state index contributed by atoms with van der Waals surface area (Å²) in [6.07, 6.45) is 0. The number of hydrogen-bond acceptors (Lipinski definition) is 4. The third-order valence-electron chi connectivity index (χ3n) is 2.58. The smallest absolute Gasteiger partial charge is 0.295 e. The van der Waals surface area contributed by atoms with Crippen LogP contribution in [-0.4, -0.2) is 20.0 Å². The average molecular weight is 252 g/mol. The van der Waals surface area contributed by atoms with Crippen LogP contribution >= 0.6 is 0 Å². The molecule has 0 aliphatic heterocycles. The number of benzene rings is 2. The van der Waals surface area contributed by atoms with E-state index < -0.39 is 10.1 Å². The Hall–Kier alpha value is -1.79. The molecule has 0 saturated carbocycles. The van der Waals surface area contributed by atoms with E-state index in [1.807, 2.05) is 0 Å². The van der Waals surface area contributed by atoms with Gasteiger partial charge in [-0.15, -0.1) is 0 Å². The Morgan fingerprint density at radius 2 is 1.94 bits per heavy atom. The number of hydrogen-bond donors (Lipinski definition) is 3. The van der Waals surface area contributed by atoms with Gasteiger partial charge in [-0.25, -0.2) is 0 Å². The van der Waals surface area contributed by atoms with Crippen LogP contribution in [0.2, 0.25) is 0 Å². The quantitative estimate of drug-likeness (QED) is 0.559. The molecule has 0 aromatic heterocycles. The van der Waals surface area contributed by atoms with Crippen LogP contribution in [-0.2, 0) is 10.1 Å². The molecule has 2 aromatic carbocycles. The highest BCUT2D eigenvalue weighted by Crippen LogP contribution is 2.33. The van der Waals surface area contributed by atoms with Crippen LogP contribution in [0.1, 0.15) is 0 Å². The fourth-order valence-corrected chi connectivity index (χ4v) is 2.55. The number of anilines is 2. The average Bonchev–Trinajstić information content (AvgIpc) is 2.28. The van der Waals surface area contributed by atoms with E-state index in [-0.39, 0.29) is 4.90 Å². The van der Waals surface area contributed by atoms with E-state index in [4.69, 9.17) is 5.73 Å². The molecule has 4 N–H and O–H groups in total. The fraction of sp³-hybridized carbons (Fsp3) is 0.0909. The highest BCUT2D eigenvalue weighted by Gasteiger charge is 2.17. The van der Waals surface area contributed by atoms with Crippen LogP contribution in [0.25, 0.3) is 10.8 Å². The Balaban J connectivity index is 3.01. The largest absolute Gasteiger partial charge is 0.398 e. The van der Waals surface area contributed by atoms with Crippen LogP contribution in [0.5, 0.6) is 0 Å². The first kappa shape index (κ1) is 11.7. The van der Waals surface area contributed by atoms with Crippen molar-refractivity contribution in [2.75, 3.05) is 18.1 Å². The lowest BCUT2D eigenvalue weighted by Gasteiger charge is -2.11. The molecule has 0 spiro atoms. The van der Waals surface area contributed by atoms with Gasteiger partial charge in [-0.3, -0.25) is 4.55 Å². The van der Waals surface area contributed by atoms with E-state index in [0.717, 1.165) is 0 Å². The lowest BCUT2D eigenvalue weighted by atomic mass is 10.1. The van der Waals surface area contributed by atoms with Crippen molar-refractivity contribution < 1.29 is 13.0 Å². The van der Waals surface area contributed by atoms with E-state index in [1.165, 1.54) is 6.07 Å². The van der Waals surface area contributed by atoms with Gasteiger partial charge in [-0.05, 0) is 18.2 Å². The third-order valence-corrected chi connectivity index (χ3v) is 3.48. The summed E-state index contributed by atoms with van der Waals surface area (Å²) in [5, 5.41) is 3.87. The summed E-state index contributed by atoms with van der Waals surface area (Å²) in [6, 6.07) is 7.95. The lowest BCUT2D eigenvalue weighted by Crippen LogP contribution is -2.02. The van der Waals surface area contributed by atoms with Crippen LogP contribution in [0.15, 0.2) is 35.2 Å². The van der Waals surface area contributed by atoms with Crippen molar-refractivity contribution in [3.05, 3.63) is 30.3 Å². The Labute approximate surface area is 99.0 Å². The predicted molar refractivity (Wildman–Crippen MR) is 67.7 cm³/mol. The highest BCUT2D eigenvalue weighted by molar-refractivity contribution is 7.86. The molecule has 2 rings (SSSR count). The highest BCUT2D eigenvalue weighted by atomic mass is 32.2. The second-order valence-electron chi connectivity index (χ2n) is 3.61. The molecule has 0 saturated heterocycles. The van der Waals surface area contributed by atoms with Gasteiger partial charge in [-0.1, -0.05) is 12.1 Å².